The minimum absolute atomic E-state index is 0.0559. The fourth-order valence-electron chi connectivity index (χ4n) is 4.99. The third-order valence-corrected chi connectivity index (χ3v) is 7.61. The molecule has 1 N–H and O–H groups in total. The van der Waals surface area contributed by atoms with Crippen molar-refractivity contribution >= 4 is 33.9 Å². The molecule has 3 aliphatic rings. The van der Waals surface area contributed by atoms with E-state index in [1.165, 1.54) is 11.3 Å². The van der Waals surface area contributed by atoms with Crippen LogP contribution >= 0.6 is 11.3 Å². The SMILES string of the molecule is Cc1ccccc1C(=O)N1CCC2C=C(c3csc(NC(=O)Cc4ccc5c(c4)OCO5)n3)C=CC21. The Morgan fingerprint density at radius 1 is 1.17 bits per heavy atom. The second-order valence-electron chi connectivity index (χ2n) is 9.19. The zero-order chi connectivity index (χ0) is 24.6. The Morgan fingerprint density at radius 3 is 2.92 bits per heavy atom. The molecule has 2 unspecified atom stereocenters. The van der Waals surface area contributed by atoms with Gasteiger partial charge in [-0.3, -0.25) is 9.59 Å². The molecule has 36 heavy (non-hydrogen) atoms. The van der Waals surface area contributed by atoms with Crippen LogP contribution in [0.1, 0.15) is 33.6 Å². The molecule has 0 radical (unpaired) electrons. The highest BCUT2D eigenvalue weighted by Crippen LogP contribution is 2.36. The number of benzene rings is 2. The zero-order valence-electron chi connectivity index (χ0n) is 19.8. The predicted octanol–water partition coefficient (Wildman–Crippen LogP) is 4.85. The predicted molar refractivity (Wildman–Crippen MR) is 138 cm³/mol. The number of ether oxygens (including phenoxy) is 2. The molecule has 0 saturated carbocycles. The molecule has 2 aromatic carbocycles. The number of aromatic nitrogens is 1. The number of aryl methyl sites for hydroxylation is 1. The first-order chi connectivity index (χ1) is 17.5. The summed E-state index contributed by atoms with van der Waals surface area (Å²) in [6, 6.07) is 13.3. The van der Waals surface area contributed by atoms with Crippen LogP contribution in [0, 0.1) is 12.8 Å². The summed E-state index contributed by atoms with van der Waals surface area (Å²) in [5, 5.41) is 5.42. The van der Waals surface area contributed by atoms with E-state index < -0.39 is 0 Å². The first-order valence-electron chi connectivity index (χ1n) is 12.0. The van der Waals surface area contributed by atoms with Crippen LogP contribution in [0.4, 0.5) is 5.13 Å². The minimum atomic E-state index is -0.135. The van der Waals surface area contributed by atoms with Gasteiger partial charge in [0.25, 0.3) is 5.91 Å². The molecule has 182 valence electrons. The Balaban J connectivity index is 1.10. The number of rotatable bonds is 5. The molecule has 1 aromatic heterocycles. The van der Waals surface area contributed by atoms with E-state index in [1.807, 2.05) is 65.7 Å². The van der Waals surface area contributed by atoms with Gasteiger partial charge in [0.1, 0.15) is 0 Å². The lowest BCUT2D eigenvalue weighted by Crippen LogP contribution is -2.37. The lowest BCUT2D eigenvalue weighted by Gasteiger charge is -2.27. The van der Waals surface area contributed by atoms with Crippen molar-refractivity contribution in [1.82, 2.24) is 9.88 Å². The molecule has 1 aliphatic carbocycles. The Bertz CT molecular complexity index is 1410. The number of carbonyl (C=O) groups excluding carboxylic acids is 2. The fraction of sp³-hybridized carbons (Fsp3) is 0.250. The van der Waals surface area contributed by atoms with Gasteiger partial charge in [-0.05, 0) is 48.2 Å². The number of hydrogen-bond donors (Lipinski definition) is 1. The van der Waals surface area contributed by atoms with E-state index in [0.717, 1.165) is 40.9 Å². The van der Waals surface area contributed by atoms with E-state index in [4.69, 9.17) is 9.47 Å². The molecule has 2 amide bonds. The molecule has 1 saturated heterocycles. The van der Waals surface area contributed by atoms with Gasteiger partial charge in [-0.1, -0.05) is 42.5 Å². The molecular weight excluding hydrogens is 474 g/mol. The van der Waals surface area contributed by atoms with Crippen molar-refractivity contribution in [3.8, 4) is 11.5 Å². The molecule has 0 bridgehead atoms. The number of nitrogens with one attached hydrogen (secondary N) is 1. The number of fused-ring (bicyclic) bond motifs is 2. The van der Waals surface area contributed by atoms with Crippen molar-refractivity contribution in [3.05, 3.63) is 88.5 Å². The van der Waals surface area contributed by atoms with Gasteiger partial charge in [-0.25, -0.2) is 4.98 Å². The van der Waals surface area contributed by atoms with Crippen LogP contribution < -0.4 is 14.8 Å². The summed E-state index contributed by atoms with van der Waals surface area (Å²) in [7, 11) is 0. The Morgan fingerprint density at radius 2 is 2.03 bits per heavy atom. The van der Waals surface area contributed by atoms with Gasteiger partial charge in [0.05, 0.1) is 18.2 Å². The highest BCUT2D eigenvalue weighted by molar-refractivity contribution is 7.14. The number of anilines is 1. The number of allylic oxidation sites excluding steroid dienone is 2. The van der Waals surface area contributed by atoms with Crippen molar-refractivity contribution in [3.63, 3.8) is 0 Å². The summed E-state index contributed by atoms with van der Waals surface area (Å²) in [6.45, 7) is 2.91. The van der Waals surface area contributed by atoms with E-state index in [9.17, 15) is 9.59 Å². The monoisotopic (exact) mass is 499 g/mol. The maximum absolute atomic E-state index is 13.2. The van der Waals surface area contributed by atoms with Crippen LogP contribution in [0.5, 0.6) is 11.5 Å². The molecule has 8 heteroatoms. The summed E-state index contributed by atoms with van der Waals surface area (Å²) < 4.78 is 10.7. The first kappa shape index (κ1) is 22.5. The largest absolute Gasteiger partial charge is 0.454 e. The Kier molecular flexibility index (Phi) is 5.81. The highest BCUT2D eigenvalue weighted by Gasteiger charge is 2.36. The summed E-state index contributed by atoms with van der Waals surface area (Å²) >= 11 is 1.40. The van der Waals surface area contributed by atoms with E-state index in [0.29, 0.717) is 16.6 Å². The average Bonchev–Trinajstić information content (AvgIpc) is 3.63. The minimum Gasteiger partial charge on any atom is -0.454 e. The lowest BCUT2D eigenvalue weighted by atomic mass is 9.91. The lowest BCUT2D eigenvalue weighted by molar-refractivity contribution is -0.115. The molecule has 2 atom stereocenters. The molecule has 3 aromatic rings. The fourth-order valence-corrected chi connectivity index (χ4v) is 5.73. The first-order valence-corrected chi connectivity index (χ1v) is 12.8. The van der Waals surface area contributed by atoms with Gasteiger partial charge in [-0.15, -0.1) is 11.3 Å². The van der Waals surface area contributed by atoms with Crippen LogP contribution in [0.2, 0.25) is 0 Å². The summed E-state index contributed by atoms with van der Waals surface area (Å²) in [6.07, 6.45) is 7.50. The molecule has 0 spiro atoms. The van der Waals surface area contributed by atoms with Crippen molar-refractivity contribution in [2.75, 3.05) is 18.7 Å². The van der Waals surface area contributed by atoms with E-state index in [1.54, 1.807) is 0 Å². The Hall–Kier alpha value is -3.91. The van der Waals surface area contributed by atoms with Gasteiger partial charge < -0.3 is 19.7 Å². The van der Waals surface area contributed by atoms with Gasteiger partial charge in [-0.2, -0.15) is 0 Å². The van der Waals surface area contributed by atoms with E-state index in [2.05, 4.69) is 22.5 Å². The number of amides is 2. The van der Waals surface area contributed by atoms with Gasteiger partial charge in [0, 0.05) is 23.4 Å². The van der Waals surface area contributed by atoms with Crippen molar-refractivity contribution in [2.45, 2.75) is 25.8 Å². The number of thiazole rings is 1. The zero-order valence-corrected chi connectivity index (χ0v) is 20.6. The molecule has 6 rings (SSSR count). The van der Waals surface area contributed by atoms with Gasteiger partial charge in [0.2, 0.25) is 12.7 Å². The van der Waals surface area contributed by atoms with E-state index in [-0.39, 0.29) is 37.0 Å². The van der Waals surface area contributed by atoms with Crippen LogP contribution in [0.15, 0.2) is 66.1 Å². The van der Waals surface area contributed by atoms with Crippen LogP contribution in [-0.4, -0.2) is 41.1 Å². The van der Waals surface area contributed by atoms with Gasteiger partial charge >= 0.3 is 0 Å². The third-order valence-electron chi connectivity index (χ3n) is 6.85. The second kappa shape index (κ2) is 9.28. The quantitative estimate of drug-likeness (QED) is 0.543. The highest BCUT2D eigenvalue weighted by atomic mass is 32.1. The van der Waals surface area contributed by atoms with Crippen molar-refractivity contribution < 1.29 is 19.1 Å². The maximum Gasteiger partial charge on any atom is 0.254 e. The molecule has 1 fully saturated rings. The summed E-state index contributed by atoms with van der Waals surface area (Å²) in [4.78, 5) is 32.4. The molecule has 3 heterocycles. The molecule has 7 nitrogen and oxygen atoms in total. The number of nitrogens with zero attached hydrogens (tertiary/aromatic N) is 2. The number of hydrogen-bond acceptors (Lipinski definition) is 6. The van der Waals surface area contributed by atoms with Crippen molar-refractivity contribution in [2.24, 2.45) is 5.92 Å². The van der Waals surface area contributed by atoms with Crippen molar-refractivity contribution in [1.29, 1.82) is 0 Å². The smallest absolute Gasteiger partial charge is 0.254 e. The number of likely N-dealkylation sites (tertiary alicyclic amines) is 1. The van der Waals surface area contributed by atoms with Crippen LogP contribution in [0.3, 0.4) is 0 Å². The number of carbonyl (C=O) groups is 2. The van der Waals surface area contributed by atoms with Crippen LogP contribution in [-0.2, 0) is 11.2 Å². The second-order valence-corrected chi connectivity index (χ2v) is 10.0. The molecular formula is C28H25N3O4S. The molecule has 2 aliphatic heterocycles. The standard InChI is InChI=1S/C28H25N3O4S/c1-17-4-2-3-5-21(17)27(33)31-11-10-20-14-19(7-8-23(20)31)22-15-36-28(29-22)30-26(32)13-18-6-9-24-25(12-18)35-16-34-24/h2-9,12,14-15,20,23H,10-11,13,16H2,1H3,(H,29,30,32). The van der Waals surface area contributed by atoms with E-state index >= 15 is 0 Å². The average molecular weight is 500 g/mol. The summed E-state index contributed by atoms with van der Waals surface area (Å²) in [5.74, 6) is 1.57. The van der Waals surface area contributed by atoms with Gasteiger partial charge in [0.15, 0.2) is 16.6 Å². The normalized spacial score (nSPS) is 19.7. The van der Waals surface area contributed by atoms with Crippen LogP contribution in [0.25, 0.3) is 5.57 Å². The third kappa shape index (κ3) is 4.28. The maximum atomic E-state index is 13.2. The topological polar surface area (TPSA) is 80.8 Å². The Labute approximate surface area is 213 Å². The summed E-state index contributed by atoms with van der Waals surface area (Å²) in [5.41, 5.74) is 4.47.